The lowest BCUT2D eigenvalue weighted by Crippen LogP contribution is -2.10. The third-order valence-electron chi connectivity index (χ3n) is 2.39. The molecule has 0 N–H and O–H groups in total. The standard InChI is InChI=1S/C12H8F4N2O/c1-19-10-3-2-7(4-9(10)13)8-5-17-11(18-6-8)12(14,15)16/h2-6H,1H3. The van der Waals surface area contributed by atoms with Crippen LogP contribution in [0.2, 0.25) is 0 Å². The zero-order valence-electron chi connectivity index (χ0n) is 9.70. The van der Waals surface area contributed by atoms with Gasteiger partial charge in [0.25, 0.3) is 0 Å². The third kappa shape index (κ3) is 2.81. The summed E-state index contributed by atoms with van der Waals surface area (Å²) in [7, 11) is 1.32. The van der Waals surface area contributed by atoms with Crippen LogP contribution in [0.1, 0.15) is 5.82 Å². The van der Waals surface area contributed by atoms with Gasteiger partial charge in [0, 0.05) is 18.0 Å². The Morgan fingerprint density at radius 2 is 1.68 bits per heavy atom. The van der Waals surface area contributed by atoms with Crippen LogP contribution in [-0.4, -0.2) is 17.1 Å². The van der Waals surface area contributed by atoms with Crippen LogP contribution in [0.25, 0.3) is 11.1 Å². The highest BCUT2D eigenvalue weighted by atomic mass is 19.4. The molecule has 1 aromatic heterocycles. The first kappa shape index (κ1) is 13.3. The first-order chi connectivity index (χ1) is 8.91. The normalized spacial score (nSPS) is 11.4. The van der Waals surface area contributed by atoms with Crippen molar-refractivity contribution < 1.29 is 22.3 Å². The van der Waals surface area contributed by atoms with Gasteiger partial charge in [0.05, 0.1) is 7.11 Å². The lowest BCUT2D eigenvalue weighted by molar-refractivity contribution is -0.144. The van der Waals surface area contributed by atoms with Crippen LogP contribution in [0.15, 0.2) is 30.6 Å². The van der Waals surface area contributed by atoms with E-state index in [1.54, 1.807) is 0 Å². The van der Waals surface area contributed by atoms with Crippen molar-refractivity contribution in [2.24, 2.45) is 0 Å². The highest BCUT2D eigenvalue weighted by Gasteiger charge is 2.34. The fourth-order valence-corrected chi connectivity index (χ4v) is 1.47. The average Bonchev–Trinajstić information content (AvgIpc) is 2.38. The molecule has 0 amide bonds. The van der Waals surface area contributed by atoms with E-state index in [4.69, 9.17) is 4.74 Å². The van der Waals surface area contributed by atoms with E-state index in [0.717, 1.165) is 18.5 Å². The molecule has 0 atom stereocenters. The van der Waals surface area contributed by atoms with E-state index in [0.29, 0.717) is 5.56 Å². The molecule has 0 fully saturated rings. The maximum atomic E-state index is 13.5. The summed E-state index contributed by atoms with van der Waals surface area (Å²) in [4.78, 5) is 6.42. The van der Waals surface area contributed by atoms with E-state index in [2.05, 4.69) is 9.97 Å². The smallest absolute Gasteiger partial charge is 0.451 e. The lowest BCUT2D eigenvalue weighted by atomic mass is 10.1. The maximum absolute atomic E-state index is 13.5. The monoisotopic (exact) mass is 272 g/mol. The summed E-state index contributed by atoms with van der Waals surface area (Å²) < 4.78 is 55.1. The van der Waals surface area contributed by atoms with Crippen LogP contribution < -0.4 is 4.74 Å². The molecular formula is C12H8F4N2O. The molecular weight excluding hydrogens is 264 g/mol. The number of rotatable bonds is 2. The Bertz CT molecular complexity index is 581. The van der Waals surface area contributed by atoms with Gasteiger partial charge in [0.1, 0.15) is 0 Å². The van der Waals surface area contributed by atoms with Gasteiger partial charge in [-0.2, -0.15) is 13.2 Å². The quantitative estimate of drug-likeness (QED) is 0.787. The number of nitrogens with zero attached hydrogens (tertiary/aromatic N) is 2. The number of aromatic nitrogens is 2. The third-order valence-corrected chi connectivity index (χ3v) is 2.39. The molecule has 3 nitrogen and oxygen atoms in total. The minimum Gasteiger partial charge on any atom is -0.494 e. The van der Waals surface area contributed by atoms with Gasteiger partial charge >= 0.3 is 6.18 Å². The zero-order chi connectivity index (χ0) is 14.0. The summed E-state index contributed by atoms with van der Waals surface area (Å²) in [6.45, 7) is 0. The summed E-state index contributed by atoms with van der Waals surface area (Å²) in [5, 5.41) is 0. The molecule has 0 spiro atoms. The fraction of sp³-hybridized carbons (Fsp3) is 0.167. The highest BCUT2D eigenvalue weighted by Crippen LogP contribution is 2.28. The maximum Gasteiger partial charge on any atom is 0.451 e. The molecule has 0 aliphatic carbocycles. The lowest BCUT2D eigenvalue weighted by Gasteiger charge is -2.07. The van der Waals surface area contributed by atoms with Crippen LogP contribution >= 0.6 is 0 Å². The Morgan fingerprint density at radius 1 is 1.05 bits per heavy atom. The molecule has 0 saturated carbocycles. The van der Waals surface area contributed by atoms with Gasteiger partial charge in [-0.1, -0.05) is 6.07 Å². The van der Waals surface area contributed by atoms with Crippen molar-refractivity contribution in [1.29, 1.82) is 0 Å². The first-order valence-electron chi connectivity index (χ1n) is 5.15. The minimum atomic E-state index is -4.59. The van der Waals surface area contributed by atoms with Gasteiger partial charge in [-0.15, -0.1) is 0 Å². The van der Waals surface area contributed by atoms with Gasteiger partial charge in [-0.05, 0) is 17.7 Å². The van der Waals surface area contributed by atoms with E-state index in [9.17, 15) is 17.6 Å². The zero-order valence-corrected chi connectivity index (χ0v) is 9.70. The van der Waals surface area contributed by atoms with Gasteiger partial charge in [-0.3, -0.25) is 0 Å². The van der Waals surface area contributed by atoms with Gasteiger partial charge in [-0.25, -0.2) is 14.4 Å². The van der Waals surface area contributed by atoms with Crippen molar-refractivity contribution in [2.75, 3.05) is 7.11 Å². The molecule has 0 bridgehead atoms. The van der Waals surface area contributed by atoms with Crippen LogP contribution in [0, 0.1) is 5.82 Å². The Labute approximate surface area is 105 Å². The summed E-state index contributed by atoms with van der Waals surface area (Å²) >= 11 is 0. The summed E-state index contributed by atoms with van der Waals surface area (Å²) in [5.74, 6) is -1.79. The number of hydrogen-bond donors (Lipinski definition) is 0. The molecule has 0 aliphatic heterocycles. The predicted octanol–water partition coefficient (Wildman–Crippen LogP) is 3.31. The highest BCUT2D eigenvalue weighted by molar-refractivity contribution is 5.62. The molecule has 0 radical (unpaired) electrons. The van der Waals surface area contributed by atoms with E-state index in [1.807, 2.05) is 0 Å². The van der Waals surface area contributed by atoms with Gasteiger partial charge in [0.2, 0.25) is 5.82 Å². The molecule has 1 heterocycles. The average molecular weight is 272 g/mol. The molecule has 2 aromatic rings. The largest absolute Gasteiger partial charge is 0.494 e. The summed E-state index contributed by atoms with van der Waals surface area (Å²) in [6, 6.07) is 4.03. The molecule has 100 valence electrons. The van der Waals surface area contributed by atoms with Crippen molar-refractivity contribution in [3.8, 4) is 16.9 Å². The van der Waals surface area contributed by atoms with Crippen molar-refractivity contribution in [3.63, 3.8) is 0 Å². The molecule has 7 heteroatoms. The fourth-order valence-electron chi connectivity index (χ4n) is 1.47. The number of methoxy groups -OCH3 is 1. The molecule has 19 heavy (non-hydrogen) atoms. The molecule has 0 saturated heterocycles. The van der Waals surface area contributed by atoms with E-state index in [-0.39, 0.29) is 11.3 Å². The Morgan fingerprint density at radius 3 is 2.16 bits per heavy atom. The second-order valence-corrected chi connectivity index (χ2v) is 3.64. The number of alkyl halides is 3. The number of hydrogen-bond acceptors (Lipinski definition) is 3. The minimum absolute atomic E-state index is 0.0524. The second kappa shape index (κ2) is 4.83. The van der Waals surface area contributed by atoms with Crippen LogP contribution in [0.3, 0.4) is 0 Å². The Balaban J connectivity index is 2.35. The van der Waals surface area contributed by atoms with E-state index in [1.165, 1.54) is 19.2 Å². The number of ether oxygens (including phenoxy) is 1. The second-order valence-electron chi connectivity index (χ2n) is 3.64. The van der Waals surface area contributed by atoms with Crippen molar-refractivity contribution in [1.82, 2.24) is 9.97 Å². The SMILES string of the molecule is COc1ccc(-c2cnc(C(F)(F)F)nc2)cc1F. The van der Waals surface area contributed by atoms with Crippen molar-refractivity contribution >= 4 is 0 Å². The summed E-state index contributed by atoms with van der Waals surface area (Å²) in [5.41, 5.74) is 0.654. The van der Waals surface area contributed by atoms with Gasteiger partial charge in [0.15, 0.2) is 11.6 Å². The van der Waals surface area contributed by atoms with Crippen LogP contribution in [0.4, 0.5) is 17.6 Å². The molecule has 2 rings (SSSR count). The molecule has 0 unspecified atom stereocenters. The summed E-state index contributed by atoms with van der Waals surface area (Å²) in [6.07, 6.45) is -2.60. The van der Waals surface area contributed by atoms with Crippen LogP contribution in [0.5, 0.6) is 5.75 Å². The Kier molecular flexibility index (Phi) is 3.37. The number of benzene rings is 1. The first-order valence-corrected chi connectivity index (χ1v) is 5.15. The number of halogens is 4. The molecule has 0 aliphatic rings. The van der Waals surface area contributed by atoms with E-state index >= 15 is 0 Å². The molecule has 1 aromatic carbocycles. The van der Waals surface area contributed by atoms with Gasteiger partial charge < -0.3 is 4.74 Å². The van der Waals surface area contributed by atoms with Crippen LogP contribution in [-0.2, 0) is 6.18 Å². The topological polar surface area (TPSA) is 35.0 Å². The van der Waals surface area contributed by atoms with Crippen molar-refractivity contribution in [3.05, 3.63) is 42.2 Å². The predicted molar refractivity (Wildman–Crippen MR) is 59.0 cm³/mol. The van der Waals surface area contributed by atoms with E-state index < -0.39 is 17.8 Å². The van der Waals surface area contributed by atoms with Crippen molar-refractivity contribution in [2.45, 2.75) is 6.18 Å². The Hall–Kier alpha value is -2.18.